The van der Waals surface area contributed by atoms with E-state index in [9.17, 15) is 18.0 Å². The zero-order chi connectivity index (χ0) is 10.0. The van der Waals surface area contributed by atoms with Crippen LogP contribution in [0.5, 0.6) is 0 Å². The van der Waals surface area contributed by atoms with E-state index >= 15 is 0 Å². The number of pyridine rings is 1. The number of alkyl halides is 2. The van der Waals surface area contributed by atoms with Gasteiger partial charge in [-0.15, -0.1) is 0 Å². The second-order valence-electron chi connectivity index (χ2n) is 2.26. The molecule has 0 radical (unpaired) electrons. The van der Waals surface area contributed by atoms with Gasteiger partial charge in [-0.05, 0) is 6.07 Å². The monoisotopic (exact) mass is 190 g/mol. The zero-order valence-electron chi connectivity index (χ0n) is 6.30. The number of nitrogens with zero attached hydrogens (tertiary/aromatic N) is 1. The molecule has 0 atom stereocenters. The lowest BCUT2D eigenvalue weighted by molar-refractivity contribution is 0.111. The molecule has 0 fully saturated rings. The number of nitrogen functional groups attached to an aromatic ring is 1. The first kappa shape index (κ1) is 9.50. The van der Waals surface area contributed by atoms with Crippen molar-refractivity contribution < 1.29 is 18.0 Å². The highest BCUT2D eigenvalue weighted by atomic mass is 19.3. The van der Waals surface area contributed by atoms with Gasteiger partial charge in [0.25, 0.3) is 6.43 Å². The van der Waals surface area contributed by atoms with E-state index in [1.165, 1.54) is 0 Å². The van der Waals surface area contributed by atoms with E-state index in [1.807, 2.05) is 0 Å². The second kappa shape index (κ2) is 3.42. The topological polar surface area (TPSA) is 56.0 Å². The Balaban J connectivity index is 3.30. The van der Waals surface area contributed by atoms with Crippen molar-refractivity contribution in [1.29, 1.82) is 0 Å². The molecule has 0 aromatic carbocycles. The summed E-state index contributed by atoms with van der Waals surface area (Å²) in [6.45, 7) is 0. The van der Waals surface area contributed by atoms with Gasteiger partial charge in [0.15, 0.2) is 6.29 Å². The lowest BCUT2D eigenvalue weighted by atomic mass is 10.2. The van der Waals surface area contributed by atoms with Crippen molar-refractivity contribution in [3.8, 4) is 0 Å². The van der Waals surface area contributed by atoms with Gasteiger partial charge in [0.1, 0.15) is 5.82 Å². The number of carbonyl (C=O) groups is 1. The van der Waals surface area contributed by atoms with Crippen LogP contribution in [0.1, 0.15) is 22.3 Å². The number of halogens is 3. The molecule has 1 rings (SSSR count). The predicted molar refractivity (Wildman–Crippen MR) is 39.0 cm³/mol. The Bertz CT molecular complexity index is 341. The minimum absolute atomic E-state index is 0.105. The molecule has 0 spiro atoms. The van der Waals surface area contributed by atoms with Crippen LogP contribution in [-0.2, 0) is 0 Å². The molecule has 0 bridgehead atoms. The molecule has 0 saturated heterocycles. The van der Waals surface area contributed by atoms with Crippen LogP contribution in [0.25, 0.3) is 0 Å². The number of aldehydes is 1. The average molecular weight is 190 g/mol. The van der Waals surface area contributed by atoms with Gasteiger partial charge < -0.3 is 5.73 Å². The Morgan fingerprint density at radius 1 is 1.54 bits per heavy atom. The van der Waals surface area contributed by atoms with Gasteiger partial charge in [-0.1, -0.05) is 0 Å². The summed E-state index contributed by atoms with van der Waals surface area (Å²) in [5.74, 6) is -1.74. The molecule has 0 aliphatic rings. The Hall–Kier alpha value is -1.59. The van der Waals surface area contributed by atoms with Crippen LogP contribution in [0.2, 0.25) is 0 Å². The maximum Gasteiger partial charge on any atom is 0.267 e. The van der Waals surface area contributed by atoms with E-state index in [2.05, 4.69) is 4.98 Å². The molecule has 13 heavy (non-hydrogen) atoms. The van der Waals surface area contributed by atoms with Crippen molar-refractivity contribution in [1.82, 2.24) is 4.98 Å². The van der Waals surface area contributed by atoms with Crippen LogP contribution in [-0.4, -0.2) is 11.3 Å². The minimum Gasteiger partial charge on any atom is -0.383 e. The molecular weight excluding hydrogens is 185 g/mol. The molecule has 1 aromatic rings. The number of nitrogens with two attached hydrogens (primary N) is 1. The number of hydrogen-bond donors (Lipinski definition) is 1. The molecule has 6 heteroatoms. The third-order valence-electron chi connectivity index (χ3n) is 1.43. The fourth-order valence-corrected chi connectivity index (χ4v) is 0.793. The lowest BCUT2D eigenvalue weighted by Gasteiger charge is -2.04. The molecule has 0 aliphatic carbocycles. The summed E-state index contributed by atoms with van der Waals surface area (Å²) in [7, 11) is 0. The van der Waals surface area contributed by atoms with Gasteiger partial charge in [0.2, 0.25) is 5.95 Å². The number of aromatic nitrogens is 1. The highest BCUT2D eigenvalue weighted by Gasteiger charge is 2.16. The summed E-state index contributed by atoms with van der Waals surface area (Å²) in [4.78, 5) is 13.1. The van der Waals surface area contributed by atoms with Crippen LogP contribution in [0, 0.1) is 5.95 Å². The average Bonchev–Trinajstić information content (AvgIpc) is 2.03. The largest absolute Gasteiger partial charge is 0.383 e. The van der Waals surface area contributed by atoms with Crippen molar-refractivity contribution in [3.63, 3.8) is 0 Å². The maximum absolute atomic E-state index is 12.6. The van der Waals surface area contributed by atoms with Gasteiger partial charge >= 0.3 is 0 Å². The molecule has 1 aromatic heterocycles. The van der Waals surface area contributed by atoms with E-state index in [0.29, 0.717) is 6.07 Å². The molecule has 1 heterocycles. The van der Waals surface area contributed by atoms with Gasteiger partial charge in [0.05, 0.1) is 11.1 Å². The number of hydrogen-bond acceptors (Lipinski definition) is 3. The first-order valence-electron chi connectivity index (χ1n) is 3.25. The summed E-state index contributed by atoms with van der Waals surface area (Å²) in [5, 5.41) is 0. The first-order valence-corrected chi connectivity index (χ1v) is 3.25. The fourth-order valence-electron chi connectivity index (χ4n) is 0.793. The maximum atomic E-state index is 12.6. The molecule has 3 nitrogen and oxygen atoms in total. The van der Waals surface area contributed by atoms with E-state index in [0.717, 1.165) is 0 Å². The van der Waals surface area contributed by atoms with Gasteiger partial charge in [-0.25, -0.2) is 13.8 Å². The Kier molecular flexibility index (Phi) is 2.50. The summed E-state index contributed by atoms with van der Waals surface area (Å²) in [6.07, 6.45) is -2.76. The quantitative estimate of drug-likeness (QED) is 0.568. The first-order chi connectivity index (χ1) is 6.06. The predicted octanol–water partition coefficient (Wildman–Crippen LogP) is 1.55. The molecule has 0 unspecified atom stereocenters. The highest BCUT2D eigenvalue weighted by Crippen LogP contribution is 2.24. The van der Waals surface area contributed by atoms with E-state index in [4.69, 9.17) is 5.73 Å². The van der Waals surface area contributed by atoms with Gasteiger partial charge in [-0.2, -0.15) is 4.39 Å². The standard InChI is InChI=1S/C7H5F3N2O/c8-5(9)4-1-3(2-13)6(10)12-7(4)11/h1-2,5H,(H2,11,12). The van der Waals surface area contributed by atoms with Crippen LogP contribution >= 0.6 is 0 Å². The summed E-state index contributed by atoms with van der Waals surface area (Å²) in [6, 6.07) is 0.690. The van der Waals surface area contributed by atoms with Gasteiger partial charge in [-0.3, -0.25) is 4.79 Å². The van der Waals surface area contributed by atoms with Crippen LogP contribution < -0.4 is 5.73 Å². The number of anilines is 1. The van der Waals surface area contributed by atoms with E-state index < -0.39 is 29.3 Å². The third-order valence-corrected chi connectivity index (χ3v) is 1.43. The SMILES string of the molecule is Nc1nc(F)c(C=O)cc1C(F)F. The number of carbonyl (C=O) groups excluding carboxylic acids is 1. The van der Waals surface area contributed by atoms with Crippen molar-refractivity contribution in [2.24, 2.45) is 0 Å². The summed E-state index contributed by atoms with van der Waals surface area (Å²) < 4.78 is 36.9. The van der Waals surface area contributed by atoms with Crippen LogP contribution in [0.15, 0.2) is 6.07 Å². The lowest BCUT2D eigenvalue weighted by Crippen LogP contribution is -2.03. The molecule has 2 N–H and O–H groups in total. The highest BCUT2D eigenvalue weighted by molar-refractivity contribution is 5.75. The van der Waals surface area contributed by atoms with Crippen LogP contribution in [0.3, 0.4) is 0 Å². The summed E-state index contributed by atoms with van der Waals surface area (Å²) in [5.41, 5.74) is 3.84. The number of rotatable bonds is 2. The smallest absolute Gasteiger partial charge is 0.267 e. The molecule has 0 saturated carbocycles. The van der Waals surface area contributed by atoms with E-state index in [1.54, 1.807) is 0 Å². The Morgan fingerprint density at radius 2 is 2.15 bits per heavy atom. The molecular formula is C7H5F3N2O. The third kappa shape index (κ3) is 1.77. The normalized spacial score (nSPS) is 10.5. The zero-order valence-corrected chi connectivity index (χ0v) is 6.30. The molecule has 0 aliphatic heterocycles. The van der Waals surface area contributed by atoms with E-state index in [-0.39, 0.29) is 6.29 Å². The van der Waals surface area contributed by atoms with Gasteiger partial charge in [0, 0.05) is 0 Å². The Morgan fingerprint density at radius 3 is 2.62 bits per heavy atom. The summed E-state index contributed by atoms with van der Waals surface area (Å²) >= 11 is 0. The minimum atomic E-state index is -2.87. The fraction of sp³-hybridized carbons (Fsp3) is 0.143. The Labute approximate surface area is 71.4 Å². The molecule has 70 valence electrons. The second-order valence-corrected chi connectivity index (χ2v) is 2.26. The molecule has 0 amide bonds. The van der Waals surface area contributed by atoms with Crippen molar-refractivity contribution in [2.45, 2.75) is 6.43 Å². The van der Waals surface area contributed by atoms with Crippen molar-refractivity contribution in [3.05, 3.63) is 23.1 Å². The van der Waals surface area contributed by atoms with Crippen molar-refractivity contribution >= 4 is 12.1 Å². The van der Waals surface area contributed by atoms with Crippen molar-refractivity contribution in [2.75, 3.05) is 5.73 Å². The van der Waals surface area contributed by atoms with Crippen LogP contribution in [0.4, 0.5) is 19.0 Å².